The van der Waals surface area contributed by atoms with Gasteiger partial charge in [-0.3, -0.25) is 4.79 Å². The second kappa shape index (κ2) is 6.10. The normalized spacial score (nSPS) is 11.6. The molecule has 6 heteroatoms. The lowest BCUT2D eigenvalue weighted by atomic mass is 10.2. The number of hydrogen-bond acceptors (Lipinski definition) is 2. The highest BCUT2D eigenvalue weighted by atomic mass is 35.5. The summed E-state index contributed by atoms with van der Waals surface area (Å²) in [5.74, 6) is -1.59. The SMILES string of the molecule is CC(CNC(=O)Nc1ccccc1Cl)C(=O)O. The number of carbonyl (C=O) groups excluding carboxylic acids is 1. The molecule has 0 aliphatic heterocycles. The summed E-state index contributed by atoms with van der Waals surface area (Å²) in [4.78, 5) is 21.9. The fraction of sp³-hybridized carbons (Fsp3) is 0.273. The van der Waals surface area contributed by atoms with Crippen LogP contribution >= 0.6 is 11.6 Å². The van der Waals surface area contributed by atoms with Crippen LogP contribution in [0, 0.1) is 5.92 Å². The number of carbonyl (C=O) groups is 2. The van der Waals surface area contributed by atoms with Crippen LogP contribution in [0.2, 0.25) is 5.02 Å². The molecule has 1 atom stereocenters. The summed E-state index contributed by atoms with van der Waals surface area (Å²) in [5.41, 5.74) is 0.481. The first-order chi connectivity index (χ1) is 8.00. The number of halogens is 1. The van der Waals surface area contributed by atoms with Crippen molar-refractivity contribution in [3.8, 4) is 0 Å². The molecule has 0 fully saturated rings. The van der Waals surface area contributed by atoms with Gasteiger partial charge in [0.15, 0.2) is 0 Å². The second-order valence-corrected chi connectivity index (χ2v) is 3.96. The Morgan fingerprint density at radius 2 is 2.06 bits per heavy atom. The Morgan fingerprint density at radius 3 is 2.65 bits per heavy atom. The summed E-state index contributed by atoms with van der Waals surface area (Å²) in [6.45, 7) is 1.57. The molecule has 0 heterocycles. The largest absolute Gasteiger partial charge is 0.481 e. The molecule has 0 spiro atoms. The summed E-state index contributed by atoms with van der Waals surface area (Å²) < 4.78 is 0. The Labute approximate surface area is 104 Å². The van der Waals surface area contributed by atoms with E-state index in [-0.39, 0.29) is 6.54 Å². The van der Waals surface area contributed by atoms with Crippen LogP contribution in [0.5, 0.6) is 0 Å². The van der Waals surface area contributed by atoms with E-state index in [4.69, 9.17) is 16.7 Å². The fourth-order valence-corrected chi connectivity index (χ4v) is 1.25. The van der Waals surface area contributed by atoms with Crippen molar-refractivity contribution in [2.75, 3.05) is 11.9 Å². The third-order valence-electron chi connectivity index (χ3n) is 2.11. The van der Waals surface area contributed by atoms with E-state index in [2.05, 4.69) is 10.6 Å². The van der Waals surface area contributed by atoms with Crippen LogP contribution in [0.3, 0.4) is 0 Å². The summed E-state index contributed by atoms with van der Waals surface area (Å²) in [6, 6.07) is 6.31. The van der Waals surface area contributed by atoms with Crippen molar-refractivity contribution in [2.45, 2.75) is 6.92 Å². The van der Waals surface area contributed by atoms with E-state index in [1.165, 1.54) is 6.92 Å². The first-order valence-electron chi connectivity index (χ1n) is 5.03. The first-order valence-corrected chi connectivity index (χ1v) is 5.40. The van der Waals surface area contributed by atoms with Crippen LogP contribution < -0.4 is 10.6 Å². The topological polar surface area (TPSA) is 78.4 Å². The van der Waals surface area contributed by atoms with Crippen molar-refractivity contribution in [3.05, 3.63) is 29.3 Å². The van der Waals surface area contributed by atoms with Gasteiger partial charge < -0.3 is 15.7 Å². The minimum absolute atomic E-state index is 0.0611. The first kappa shape index (κ1) is 13.3. The van der Waals surface area contributed by atoms with Crippen molar-refractivity contribution in [1.29, 1.82) is 0 Å². The van der Waals surface area contributed by atoms with Gasteiger partial charge in [0, 0.05) is 6.54 Å². The fourth-order valence-electron chi connectivity index (χ4n) is 1.06. The standard InChI is InChI=1S/C11H13ClN2O3/c1-7(10(15)16)6-13-11(17)14-9-5-3-2-4-8(9)12/h2-5,7H,6H2,1H3,(H,15,16)(H2,13,14,17). The highest BCUT2D eigenvalue weighted by Crippen LogP contribution is 2.19. The van der Waals surface area contributed by atoms with E-state index in [0.29, 0.717) is 10.7 Å². The predicted molar refractivity (Wildman–Crippen MR) is 65.3 cm³/mol. The molecular weight excluding hydrogens is 244 g/mol. The molecule has 1 rings (SSSR count). The molecule has 2 amide bonds. The van der Waals surface area contributed by atoms with Crippen molar-refractivity contribution >= 4 is 29.3 Å². The molecule has 3 N–H and O–H groups in total. The number of carboxylic acid groups (broad SMARTS) is 1. The van der Waals surface area contributed by atoms with Gasteiger partial charge in [-0.1, -0.05) is 30.7 Å². The van der Waals surface area contributed by atoms with E-state index in [1.54, 1.807) is 24.3 Å². The molecule has 0 saturated heterocycles. The number of nitrogens with one attached hydrogen (secondary N) is 2. The van der Waals surface area contributed by atoms with E-state index in [1.807, 2.05) is 0 Å². The highest BCUT2D eigenvalue weighted by molar-refractivity contribution is 6.33. The van der Waals surface area contributed by atoms with Crippen LogP contribution in [-0.4, -0.2) is 23.7 Å². The van der Waals surface area contributed by atoms with E-state index in [9.17, 15) is 9.59 Å². The quantitative estimate of drug-likeness (QED) is 0.773. The molecule has 0 aromatic heterocycles. The maximum atomic E-state index is 11.4. The van der Waals surface area contributed by atoms with Crippen molar-refractivity contribution in [2.24, 2.45) is 5.92 Å². The molecule has 0 aliphatic carbocycles. The third-order valence-corrected chi connectivity index (χ3v) is 2.44. The summed E-state index contributed by atoms with van der Waals surface area (Å²) in [5, 5.41) is 14.0. The lowest BCUT2D eigenvalue weighted by Gasteiger charge is -2.10. The maximum Gasteiger partial charge on any atom is 0.319 e. The van der Waals surface area contributed by atoms with Crippen LogP contribution in [-0.2, 0) is 4.79 Å². The molecular formula is C11H13ClN2O3. The lowest BCUT2D eigenvalue weighted by molar-refractivity contribution is -0.140. The number of urea groups is 1. The van der Waals surface area contributed by atoms with Gasteiger partial charge in [0.1, 0.15) is 0 Å². The highest BCUT2D eigenvalue weighted by Gasteiger charge is 2.12. The number of hydrogen-bond donors (Lipinski definition) is 3. The molecule has 0 bridgehead atoms. The monoisotopic (exact) mass is 256 g/mol. The number of aliphatic carboxylic acids is 1. The third kappa shape index (κ3) is 4.32. The van der Waals surface area contributed by atoms with Crippen molar-refractivity contribution in [3.63, 3.8) is 0 Å². The Balaban J connectivity index is 2.46. The number of amides is 2. The Hall–Kier alpha value is -1.75. The second-order valence-electron chi connectivity index (χ2n) is 3.55. The Bertz CT molecular complexity index is 423. The Morgan fingerprint density at radius 1 is 1.41 bits per heavy atom. The smallest absolute Gasteiger partial charge is 0.319 e. The van der Waals surface area contributed by atoms with Crippen LogP contribution in [0.4, 0.5) is 10.5 Å². The van der Waals surface area contributed by atoms with Gasteiger partial charge in [-0.05, 0) is 12.1 Å². The lowest BCUT2D eigenvalue weighted by Crippen LogP contribution is -2.34. The number of benzene rings is 1. The molecule has 5 nitrogen and oxygen atoms in total. The zero-order chi connectivity index (χ0) is 12.8. The average Bonchev–Trinajstić information content (AvgIpc) is 2.29. The van der Waals surface area contributed by atoms with Crippen LogP contribution in [0.25, 0.3) is 0 Å². The van der Waals surface area contributed by atoms with Gasteiger partial charge in [-0.2, -0.15) is 0 Å². The van der Waals surface area contributed by atoms with E-state index in [0.717, 1.165) is 0 Å². The zero-order valence-corrected chi connectivity index (χ0v) is 9.99. The predicted octanol–water partition coefficient (Wildman–Crippen LogP) is 2.18. The Kier molecular flexibility index (Phi) is 4.78. The van der Waals surface area contributed by atoms with Gasteiger partial charge in [0.05, 0.1) is 16.6 Å². The van der Waals surface area contributed by atoms with Gasteiger partial charge in [0.2, 0.25) is 0 Å². The zero-order valence-electron chi connectivity index (χ0n) is 9.24. The molecule has 0 radical (unpaired) electrons. The van der Waals surface area contributed by atoms with Gasteiger partial charge in [0.25, 0.3) is 0 Å². The molecule has 1 unspecified atom stereocenters. The van der Waals surface area contributed by atoms with Crippen LogP contribution in [0.1, 0.15) is 6.92 Å². The van der Waals surface area contributed by atoms with Crippen molar-refractivity contribution < 1.29 is 14.7 Å². The molecule has 1 aromatic rings. The minimum Gasteiger partial charge on any atom is -0.481 e. The molecule has 0 aliphatic rings. The van der Waals surface area contributed by atoms with Gasteiger partial charge >= 0.3 is 12.0 Å². The maximum absolute atomic E-state index is 11.4. The molecule has 17 heavy (non-hydrogen) atoms. The summed E-state index contributed by atoms with van der Waals surface area (Å²) >= 11 is 5.84. The summed E-state index contributed by atoms with van der Waals surface area (Å²) in [6.07, 6.45) is 0. The molecule has 1 aromatic carbocycles. The van der Waals surface area contributed by atoms with Gasteiger partial charge in [-0.25, -0.2) is 4.79 Å². The van der Waals surface area contributed by atoms with Crippen LogP contribution in [0.15, 0.2) is 24.3 Å². The van der Waals surface area contributed by atoms with Crippen molar-refractivity contribution in [1.82, 2.24) is 5.32 Å². The minimum atomic E-state index is -0.956. The molecule has 0 saturated carbocycles. The average molecular weight is 257 g/mol. The number of para-hydroxylation sites is 1. The summed E-state index contributed by atoms with van der Waals surface area (Å²) in [7, 11) is 0. The van der Waals surface area contributed by atoms with E-state index >= 15 is 0 Å². The van der Waals surface area contributed by atoms with Gasteiger partial charge in [-0.15, -0.1) is 0 Å². The van der Waals surface area contributed by atoms with E-state index < -0.39 is 17.9 Å². The number of rotatable bonds is 4. The number of anilines is 1. The number of carboxylic acids is 1. The molecule has 92 valence electrons.